The fourth-order valence-electron chi connectivity index (χ4n) is 4.02. The lowest BCUT2D eigenvalue weighted by Gasteiger charge is -2.26. The summed E-state index contributed by atoms with van der Waals surface area (Å²) in [5.41, 5.74) is 3.36. The third-order valence-corrected chi connectivity index (χ3v) is 5.11. The first-order chi connectivity index (χ1) is 10.9. The molecule has 5 atom stereocenters. The summed E-state index contributed by atoms with van der Waals surface area (Å²) in [6.07, 6.45) is 0.930. The van der Waals surface area contributed by atoms with Crippen molar-refractivity contribution in [1.82, 2.24) is 5.32 Å². The van der Waals surface area contributed by atoms with Crippen molar-refractivity contribution in [1.29, 1.82) is 0 Å². The summed E-state index contributed by atoms with van der Waals surface area (Å²) in [6.45, 7) is 5.98. The van der Waals surface area contributed by atoms with Crippen LogP contribution in [0.3, 0.4) is 0 Å². The van der Waals surface area contributed by atoms with E-state index in [0.29, 0.717) is 0 Å². The van der Waals surface area contributed by atoms with E-state index in [-0.39, 0.29) is 24.2 Å². The average Bonchev–Trinajstić information content (AvgIpc) is 3.07. The van der Waals surface area contributed by atoms with Gasteiger partial charge in [-0.2, -0.15) is 0 Å². The van der Waals surface area contributed by atoms with Crippen molar-refractivity contribution in [2.45, 2.75) is 51.9 Å². The first kappa shape index (κ1) is 16.0. The normalized spacial score (nSPS) is 30.2. The highest BCUT2D eigenvalue weighted by atomic mass is 16.5. The SMILES string of the molecule is Cc1ccc([C@@H](C)NC(=O)[C@H]2[C@@H](C(=O)O)[C@H]3CC[C@@H]2O3)c(C)c1. The van der Waals surface area contributed by atoms with E-state index in [1.807, 2.05) is 32.9 Å². The van der Waals surface area contributed by atoms with Crippen LogP contribution >= 0.6 is 0 Å². The van der Waals surface area contributed by atoms with Crippen LogP contribution in [0.1, 0.15) is 42.5 Å². The third-order valence-electron chi connectivity index (χ3n) is 5.11. The van der Waals surface area contributed by atoms with Crippen LogP contribution in [0.5, 0.6) is 0 Å². The van der Waals surface area contributed by atoms with Crippen molar-refractivity contribution in [3.05, 3.63) is 34.9 Å². The van der Waals surface area contributed by atoms with E-state index in [2.05, 4.69) is 11.4 Å². The molecule has 3 rings (SSSR count). The van der Waals surface area contributed by atoms with Crippen LogP contribution < -0.4 is 5.32 Å². The molecule has 0 aromatic heterocycles. The number of rotatable bonds is 4. The number of aliphatic carboxylic acids is 1. The highest BCUT2D eigenvalue weighted by Gasteiger charge is 2.55. The first-order valence-corrected chi connectivity index (χ1v) is 8.14. The molecule has 0 unspecified atom stereocenters. The van der Waals surface area contributed by atoms with Gasteiger partial charge in [-0.3, -0.25) is 9.59 Å². The Morgan fingerprint density at radius 3 is 2.48 bits per heavy atom. The Bertz CT molecular complexity index is 642. The Morgan fingerprint density at radius 1 is 1.22 bits per heavy atom. The van der Waals surface area contributed by atoms with Gasteiger partial charge in [0.05, 0.1) is 30.1 Å². The zero-order valence-corrected chi connectivity index (χ0v) is 13.7. The Morgan fingerprint density at radius 2 is 1.87 bits per heavy atom. The van der Waals surface area contributed by atoms with Crippen molar-refractivity contribution in [2.75, 3.05) is 0 Å². The van der Waals surface area contributed by atoms with E-state index in [0.717, 1.165) is 24.0 Å². The fraction of sp³-hybridized carbons (Fsp3) is 0.556. The van der Waals surface area contributed by atoms with Crippen LogP contribution in [0, 0.1) is 25.7 Å². The minimum absolute atomic E-state index is 0.156. The predicted molar refractivity (Wildman–Crippen MR) is 85.0 cm³/mol. The maximum absolute atomic E-state index is 12.7. The van der Waals surface area contributed by atoms with Gasteiger partial charge < -0.3 is 15.2 Å². The number of carboxylic acid groups (broad SMARTS) is 1. The Hall–Kier alpha value is -1.88. The molecule has 0 saturated carbocycles. The molecule has 1 aromatic carbocycles. The van der Waals surface area contributed by atoms with Gasteiger partial charge >= 0.3 is 5.97 Å². The molecule has 2 bridgehead atoms. The molecule has 0 aliphatic carbocycles. The number of carbonyl (C=O) groups is 2. The predicted octanol–water partition coefficient (Wildman–Crippen LogP) is 2.36. The Labute approximate surface area is 136 Å². The van der Waals surface area contributed by atoms with Crippen LogP contribution in [0.2, 0.25) is 0 Å². The van der Waals surface area contributed by atoms with Gasteiger partial charge in [0.1, 0.15) is 0 Å². The molecule has 0 spiro atoms. The van der Waals surface area contributed by atoms with Crippen LogP contribution in [0.15, 0.2) is 18.2 Å². The van der Waals surface area contributed by atoms with E-state index in [1.54, 1.807) is 0 Å². The number of carboxylic acids is 1. The zero-order valence-electron chi connectivity index (χ0n) is 13.7. The number of carbonyl (C=O) groups excluding carboxylic acids is 1. The average molecular weight is 317 g/mol. The number of hydrogen-bond donors (Lipinski definition) is 2. The van der Waals surface area contributed by atoms with Crippen LogP contribution in [-0.2, 0) is 14.3 Å². The molecule has 2 fully saturated rings. The largest absolute Gasteiger partial charge is 0.481 e. The Balaban J connectivity index is 1.74. The number of aryl methyl sites for hydroxylation is 2. The lowest BCUT2D eigenvalue weighted by atomic mass is 9.78. The maximum atomic E-state index is 12.7. The standard InChI is InChI=1S/C18H23NO4/c1-9-4-5-12(10(2)8-9)11(3)19-17(20)15-13-6-7-14(23-13)16(15)18(21)22/h4-5,8,11,13-16H,6-7H2,1-3H3,(H,19,20)(H,21,22)/t11-,13+,14-,15-,16+/m1/s1. The van der Waals surface area contributed by atoms with E-state index >= 15 is 0 Å². The monoisotopic (exact) mass is 317 g/mol. The summed E-state index contributed by atoms with van der Waals surface area (Å²) in [6, 6.07) is 5.96. The van der Waals surface area contributed by atoms with Gasteiger partial charge in [0.15, 0.2) is 0 Å². The molecule has 2 N–H and O–H groups in total. The number of benzene rings is 1. The van der Waals surface area contributed by atoms with Gasteiger partial charge in [-0.05, 0) is 44.7 Å². The summed E-state index contributed by atoms with van der Waals surface area (Å²) in [5, 5.41) is 12.4. The van der Waals surface area contributed by atoms with E-state index < -0.39 is 17.8 Å². The Kier molecular flexibility index (Phi) is 4.15. The van der Waals surface area contributed by atoms with Crippen molar-refractivity contribution in [3.8, 4) is 0 Å². The van der Waals surface area contributed by atoms with Crippen molar-refractivity contribution in [2.24, 2.45) is 11.8 Å². The summed E-state index contributed by atoms with van der Waals surface area (Å²) >= 11 is 0. The number of hydrogen-bond acceptors (Lipinski definition) is 3. The van der Waals surface area contributed by atoms with E-state index in [1.165, 1.54) is 5.56 Å². The molecule has 2 heterocycles. The maximum Gasteiger partial charge on any atom is 0.310 e. The number of amides is 1. The molecule has 2 aliphatic heterocycles. The molecule has 2 saturated heterocycles. The van der Waals surface area contributed by atoms with Gasteiger partial charge in [-0.15, -0.1) is 0 Å². The molecular formula is C18H23NO4. The van der Waals surface area contributed by atoms with Gasteiger partial charge in [0.2, 0.25) is 5.91 Å². The smallest absolute Gasteiger partial charge is 0.310 e. The molecule has 5 heteroatoms. The van der Waals surface area contributed by atoms with Crippen LogP contribution in [-0.4, -0.2) is 29.2 Å². The van der Waals surface area contributed by atoms with Crippen molar-refractivity contribution < 1.29 is 19.4 Å². The molecule has 1 aromatic rings. The van der Waals surface area contributed by atoms with Crippen LogP contribution in [0.4, 0.5) is 0 Å². The number of ether oxygens (including phenoxy) is 1. The zero-order chi connectivity index (χ0) is 16.7. The summed E-state index contributed by atoms with van der Waals surface area (Å²) in [4.78, 5) is 24.2. The van der Waals surface area contributed by atoms with Gasteiger partial charge in [0.25, 0.3) is 0 Å². The quantitative estimate of drug-likeness (QED) is 0.894. The molecule has 1 amide bonds. The minimum atomic E-state index is -0.934. The second-order valence-corrected chi connectivity index (χ2v) is 6.77. The summed E-state index contributed by atoms with van der Waals surface area (Å²) in [7, 11) is 0. The fourth-order valence-corrected chi connectivity index (χ4v) is 4.02. The molecule has 23 heavy (non-hydrogen) atoms. The summed E-state index contributed by atoms with van der Waals surface area (Å²) < 4.78 is 5.67. The first-order valence-electron chi connectivity index (χ1n) is 8.14. The van der Waals surface area contributed by atoms with E-state index in [9.17, 15) is 14.7 Å². The van der Waals surface area contributed by atoms with Crippen molar-refractivity contribution in [3.63, 3.8) is 0 Å². The third kappa shape index (κ3) is 2.85. The van der Waals surface area contributed by atoms with Gasteiger partial charge in [0, 0.05) is 0 Å². The lowest BCUT2D eigenvalue weighted by Crippen LogP contribution is -2.44. The second kappa shape index (κ2) is 5.96. The molecule has 0 radical (unpaired) electrons. The van der Waals surface area contributed by atoms with Gasteiger partial charge in [-0.1, -0.05) is 23.8 Å². The van der Waals surface area contributed by atoms with E-state index in [4.69, 9.17) is 4.74 Å². The highest BCUT2D eigenvalue weighted by Crippen LogP contribution is 2.43. The second-order valence-electron chi connectivity index (χ2n) is 6.77. The molecule has 5 nitrogen and oxygen atoms in total. The number of fused-ring (bicyclic) bond motifs is 2. The molecule has 124 valence electrons. The molecular weight excluding hydrogens is 294 g/mol. The lowest BCUT2D eigenvalue weighted by molar-refractivity contribution is -0.148. The van der Waals surface area contributed by atoms with Crippen molar-refractivity contribution >= 4 is 11.9 Å². The minimum Gasteiger partial charge on any atom is -0.481 e. The topological polar surface area (TPSA) is 75.6 Å². The molecule has 2 aliphatic rings. The van der Waals surface area contributed by atoms with Gasteiger partial charge in [-0.25, -0.2) is 0 Å². The van der Waals surface area contributed by atoms with Crippen LogP contribution in [0.25, 0.3) is 0 Å². The number of nitrogens with one attached hydrogen (secondary N) is 1. The highest BCUT2D eigenvalue weighted by molar-refractivity contribution is 5.86. The summed E-state index contributed by atoms with van der Waals surface area (Å²) in [5.74, 6) is -2.45.